The van der Waals surface area contributed by atoms with Crippen molar-refractivity contribution in [2.75, 3.05) is 13.3 Å². The molecule has 1 aromatic rings. The van der Waals surface area contributed by atoms with Crippen LogP contribution in [0.5, 0.6) is 11.5 Å². The van der Waals surface area contributed by atoms with E-state index in [4.69, 9.17) is 21.7 Å². The zero-order chi connectivity index (χ0) is 12.8. The van der Waals surface area contributed by atoms with Crippen LogP contribution in [-0.2, 0) is 0 Å². The summed E-state index contributed by atoms with van der Waals surface area (Å²) in [4.78, 5) is 0. The summed E-state index contributed by atoms with van der Waals surface area (Å²) in [6, 6.07) is 5.59. The third-order valence-electron chi connectivity index (χ3n) is 2.18. The van der Waals surface area contributed by atoms with Gasteiger partial charge in [-0.25, -0.2) is 0 Å². The van der Waals surface area contributed by atoms with Gasteiger partial charge in [0.05, 0.1) is 6.21 Å². The van der Waals surface area contributed by atoms with Crippen molar-refractivity contribution in [1.82, 2.24) is 10.7 Å². The standard InChI is InChI=1S/C12H13N3O2S/c1-2-5-13-12(18)15-14-7-9-3-4-10-11(6-9)17-8-16-10/h2-4,6-7H,1,5,8H2,(H2,13,15,18)/b14-7-. The Morgan fingerprint density at radius 1 is 1.44 bits per heavy atom. The molecule has 6 heteroatoms. The second kappa shape index (κ2) is 6.02. The monoisotopic (exact) mass is 263 g/mol. The van der Waals surface area contributed by atoms with E-state index in [-0.39, 0.29) is 6.79 Å². The van der Waals surface area contributed by atoms with E-state index in [0.29, 0.717) is 11.7 Å². The highest BCUT2D eigenvalue weighted by Crippen LogP contribution is 2.31. The minimum Gasteiger partial charge on any atom is -0.454 e. The van der Waals surface area contributed by atoms with Crippen LogP contribution in [0.1, 0.15) is 5.56 Å². The van der Waals surface area contributed by atoms with Gasteiger partial charge < -0.3 is 14.8 Å². The molecule has 0 bridgehead atoms. The Morgan fingerprint density at radius 2 is 2.28 bits per heavy atom. The van der Waals surface area contributed by atoms with Crippen molar-refractivity contribution in [3.63, 3.8) is 0 Å². The maximum atomic E-state index is 5.27. The predicted octanol–water partition coefficient (Wildman–Crippen LogP) is 1.40. The molecule has 0 amide bonds. The molecule has 0 fully saturated rings. The number of hydrogen-bond acceptors (Lipinski definition) is 4. The number of fused-ring (bicyclic) bond motifs is 1. The summed E-state index contributed by atoms with van der Waals surface area (Å²) in [6.07, 6.45) is 3.37. The van der Waals surface area contributed by atoms with Crippen LogP contribution < -0.4 is 20.2 Å². The summed E-state index contributed by atoms with van der Waals surface area (Å²) in [5.74, 6) is 1.48. The first-order valence-electron chi connectivity index (χ1n) is 5.37. The molecule has 0 saturated heterocycles. The number of thiocarbonyl (C=S) groups is 1. The van der Waals surface area contributed by atoms with Crippen LogP contribution in [0.15, 0.2) is 36.0 Å². The SMILES string of the molecule is C=CCNC(=S)N/N=C\c1ccc2c(c1)OCO2. The van der Waals surface area contributed by atoms with Gasteiger partial charge in [-0.3, -0.25) is 5.43 Å². The maximum absolute atomic E-state index is 5.27. The quantitative estimate of drug-likeness (QED) is 0.372. The Bertz CT molecular complexity index is 488. The third-order valence-corrected chi connectivity index (χ3v) is 2.42. The van der Waals surface area contributed by atoms with Crippen molar-refractivity contribution in [3.05, 3.63) is 36.4 Å². The molecular weight excluding hydrogens is 250 g/mol. The number of nitrogens with zero attached hydrogens (tertiary/aromatic N) is 1. The highest BCUT2D eigenvalue weighted by Gasteiger charge is 2.12. The lowest BCUT2D eigenvalue weighted by molar-refractivity contribution is 0.174. The Hall–Kier alpha value is -2.08. The van der Waals surface area contributed by atoms with Crippen molar-refractivity contribution < 1.29 is 9.47 Å². The third kappa shape index (κ3) is 3.21. The molecule has 0 atom stereocenters. The molecule has 0 aliphatic carbocycles. The maximum Gasteiger partial charge on any atom is 0.231 e. The first kappa shape index (κ1) is 12.4. The lowest BCUT2D eigenvalue weighted by atomic mass is 10.2. The molecule has 94 valence electrons. The molecule has 0 spiro atoms. The Morgan fingerprint density at radius 3 is 3.11 bits per heavy atom. The van der Waals surface area contributed by atoms with Crippen LogP contribution in [0.3, 0.4) is 0 Å². The highest BCUT2D eigenvalue weighted by molar-refractivity contribution is 7.80. The summed E-state index contributed by atoms with van der Waals surface area (Å²) >= 11 is 4.99. The molecule has 1 aromatic carbocycles. The predicted molar refractivity (Wildman–Crippen MR) is 74.1 cm³/mol. The van der Waals surface area contributed by atoms with Gasteiger partial charge in [-0.05, 0) is 36.0 Å². The van der Waals surface area contributed by atoms with Crippen LogP contribution in [0.4, 0.5) is 0 Å². The van der Waals surface area contributed by atoms with Gasteiger partial charge in [0, 0.05) is 6.54 Å². The zero-order valence-corrected chi connectivity index (χ0v) is 10.5. The number of hydrazone groups is 1. The van der Waals surface area contributed by atoms with E-state index in [9.17, 15) is 0 Å². The van der Waals surface area contributed by atoms with Crippen LogP contribution in [-0.4, -0.2) is 24.7 Å². The Labute approximate surface area is 110 Å². The van der Waals surface area contributed by atoms with E-state index in [1.807, 2.05) is 18.2 Å². The van der Waals surface area contributed by atoms with Gasteiger partial charge in [0.15, 0.2) is 16.6 Å². The van der Waals surface area contributed by atoms with E-state index in [0.717, 1.165) is 17.1 Å². The smallest absolute Gasteiger partial charge is 0.231 e. The second-order valence-electron chi connectivity index (χ2n) is 3.48. The van der Waals surface area contributed by atoms with Crippen LogP contribution in [0.25, 0.3) is 0 Å². The minimum atomic E-state index is 0.268. The molecule has 5 nitrogen and oxygen atoms in total. The van der Waals surface area contributed by atoms with Gasteiger partial charge in [0.25, 0.3) is 0 Å². The average Bonchev–Trinajstić information content (AvgIpc) is 2.83. The molecule has 0 aromatic heterocycles. The van der Waals surface area contributed by atoms with Crippen molar-refractivity contribution in [2.45, 2.75) is 0 Å². The average molecular weight is 263 g/mol. The van der Waals surface area contributed by atoms with E-state index in [2.05, 4.69) is 22.4 Å². The first-order chi connectivity index (χ1) is 8.79. The lowest BCUT2D eigenvalue weighted by Gasteiger charge is -2.03. The van der Waals surface area contributed by atoms with Gasteiger partial charge in [-0.2, -0.15) is 5.10 Å². The molecule has 0 unspecified atom stereocenters. The summed E-state index contributed by atoms with van der Waals surface area (Å²) < 4.78 is 10.5. The topological polar surface area (TPSA) is 54.9 Å². The highest BCUT2D eigenvalue weighted by atomic mass is 32.1. The largest absolute Gasteiger partial charge is 0.454 e. The van der Waals surface area contributed by atoms with Crippen LogP contribution >= 0.6 is 12.2 Å². The molecule has 0 saturated carbocycles. The fourth-order valence-corrected chi connectivity index (χ4v) is 1.50. The minimum absolute atomic E-state index is 0.268. The summed E-state index contributed by atoms with van der Waals surface area (Å²) in [7, 11) is 0. The summed E-state index contributed by atoms with van der Waals surface area (Å²) in [6.45, 7) is 4.45. The fourth-order valence-electron chi connectivity index (χ4n) is 1.36. The van der Waals surface area contributed by atoms with E-state index < -0.39 is 0 Å². The molecule has 0 radical (unpaired) electrons. The summed E-state index contributed by atoms with van der Waals surface area (Å²) in [5.41, 5.74) is 3.60. The first-order valence-corrected chi connectivity index (χ1v) is 5.78. The van der Waals surface area contributed by atoms with Gasteiger partial charge in [-0.15, -0.1) is 6.58 Å². The van der Waals surface area contributed by atoms with E-state index >= 15 is 0 Å². The van der Waals surface area contributed by atoms with Gasteiger partial charge in [-0.1, -0.05) is 6.08 Å². The van der Waals surface area contributed by atoms with Crippen molar-refractivity contribution in [1.29, 1.82) is 0 Å². The van der Waals surface area contributed by atoms with Gasteiger partial charge >= 0.3 is 0 Å². The fraction of sp³-hybridized carbons (Fsp3) is 0.167. The van der Waals surface area contributed by atoms with Crippen LogP contribution in [0, 0.1) is 0 Å². The van der Waals surface area contributed by atoms with Crippen molar-refractivity contribution in [2.24, 2.45) is 5.10 Å². The normalized spacial score (nSPS) is 12.4. The number of benzene rings is 1. The van der Waals surface area contributed by atoms with Crippen molar-refractivity contribution in [3.8, 4) is 11.5 Å². The molecule has 2 N–H and O–H groups in total. The number of rotatable bonds is 4. The second-order valence-corrected chi connectivity index (χ2v) is 3.89. The van der Waals surface area contributed by atoms with Gasteiger partial charge in [0.1, 0.15) is 0 Å². The number of hydrogen-bond donors (Lipinski definition) is 2. The van der Waals surface area contributed by atoms with Crippen molar-refractivity contribution >= 4 is 23.5 Å². The Balaban J connectivity index is 1.89. The van der Waals surface area contributed by atoms with E-state index in [1.54, 1.807) is 12.3 Å². The lowest BCUT2D eigenvalue weighted by Crippen LogP contribution is -2.31. The molecule has 1 aliphatic heterocycles. The molecule has 1 aliphatic rings. The van der Waals surface area contributed by atoms with E-state index in [1.165, 1.54) is 0 Å². The molecular formula is C12H13N3O2S. The number of nitrogens with one attached hydrogen (secondary N) is 2. The Kier molecular flexibility index (Phi) is 4.14. The van der Waals surface area contributed by atoms with Crippen LogP contribution in [0.2, 0.25) is 0 Å². The molecule has 1 heterocycles. The summed E-state index contributed by atoms with van der Waals surface area (Å²) in [5, 5.41) is 7.37. The molecule has 18 heavy (non-hydrogen) atoms. The van der Waals surface area contributed by atoms with Gasteiger partial charge in [0.2, 0.25) is 6.79 Å². The number of ether oxygens (including phenoxy) is 2. The molecule has 2 rings (SSSR count). The zero-order valence-electron chi connectivity index (χ0n) is 9.68.